The summed E-state index contributed by atoms with van der Waals surface area (Å²) in [5.74, 6) is -0.439. The maximum atomic E-state index is 12.3. The van der Waals surface area contributed by atoms with Gasteiger partial charge in [0.15, 0.2) is 0 Å². The van der Waals surface area contributed by atoms with E-state index in [9.17, 15) is 18.0 Å². The van der Waals surface area contributed by atoms with Gasteiger partial charge in [0, 0.05) is 12.1 Å². The van der Waals surface area contributed by atoms with Gasteiger partial charge in [-0.2, -0.15) is 13.2 Å². The largest absolute Gasteiger partial charge is 0.416 e. The lowest BCUT2D eigenvalue weighted by atomic mass is 10.1. The SMILES string of the molecule is O=C1NCc2ccc(C(F)(F)F)cc21. The van der Waals surface area contributed by atoms with Gasteiger partial charge in [0.25, 0.3) is 5.91 Å². The van der Waals surface area contributed by atoms with Crippen molar-refractivity contribution in [2.75, 3.05) is 0 Å². The molecular formula is C9H6F3NO. The van der Waals surface area contributed by atoms with Gasteiger partial charge < -0.3 is 5.32 Å². The first kappa shape index (κ1) is 9.05. The minimum absolute atomic E-state index is 0.125. The van der Waals surface area contributed by atoms with Crippen molar-refractivity contribution in [2.24, 2.45) is 0 Å². The van der Waals surface area contributed by atoms with E-state index in [0.717, 1.165) is 12.1 Å². The number of hydrogen-bond acceptors (Lipinski definition) is 1. The molecule has 2 rings (SSSR count). The van der Waals surface area contributed by atoms with E-state index in [0.29, 0.717) is 12.1 Å². The van der Waals surface area contributed by atoms with Crippen LogP contribution in [0.1, 0.15) is 21.5 Å². The van der Waals surface area contributed by atoms with E-state index in [2.05, 4.69) is 5.32 Å². The van der Waals surface area contributed by atoms with E-state index in [1.807, 2.05) is 0 Å². The lowest BCUT2D eigenvalue weighted by Crippen LogP contribution is -2.13. The Bertz CT molecular complexity index is 398. The number of carbonyl (C=O) groups is 1. The van der Waals surface area contributed by atoms with Crippen molar-refractivity contribution in [1.29, 1.82) is 0 Å². The second-order valence-electron chi connectivity index (χ2n) is 3.05. The van der Waals surface area contributed by atoms with Gasteiger partial charge in [0.1, 0.15) is 0 Å². The molecule has 0 aliphatic carbocycles. The molecule has 1 aromatic rings. The summed E-state index contributed by atoms with van der Waals surface area (Å²) in [4.78, 5) is 11.1. The first-order valence-corrected chi connectivity index (χ1v) is 3.97. The molecule has 0 spiro atoms. The van der Waals surface area contributed by atoms with Gasteiger partial charge in [-0.15, -0.1) is 0 Å². The predicted octanol–water partition coefficient (Wildman–Crippen LogP) is 1.95. The van der Waals surface area contributed by atoms with Crippen LogP contribution < -0.4 is 5.32 Å². The number of fused-ring (bicyclic) bond motifs is 1. The minimum atomic E-state index is -4.39. The van der Waals surface area contributed by atoms with Gasteiger partial charge in [-0.05, 0) is 17.7 Å². The van der Waals surface area contributed by atoms with Crippen molar-refractivity contribution in [3.05, 3.63) is 34.9 Å². The Balaban J connectivity index is 2.50. The molecule has 1 aliphatic rings. The number of rotatable bonds is 0. The zero-order valence-electron chi connectivity index (χ0n) is 6.98. The Hall–Kier alpha value is -1.52. The summed E-state index contributed by atoms with van der Waals surface area (Å²) >= 11 is 0. The Morgan fingerprint density at radius 1 is 1.29 bits per heavy atom. The molecule has 0 saturated heterocycles. The Kier molecular flexibility index (Phi) is 1.77. The van der Waals surface area contributed by atoms with Gasteiger partial charge in [-0.1, -0.05) is 6.07 Å². The summed E-state index contributed by atoms with van der Waals surface area (Å²) in [5, 5.41) is 2.46. The Morgan fingerprint density at radius 2 is 2.00 bits per heavy atom. The van der Waals surface area contributed by atoms with Crippen LogP contribution in [-0.4, -0.2) is 5.91 Å². The molecule has 14 heavy (non-hydrogen) atoms. The predicted molar refractivity (Wildman–Crippen MR) is 42.6 cm³/mol. The van der Waals surface area contributed by atoms with Crippen LogP contribution in [0.5, 0.6) is 0 Å². The fourth-order valence-corrected chi connectivity index (χ4v) is 1.39. The van der Waals surface area contributed by atoms with Crippen LogP contribution in [0.3, 0.4) is 0 Å². The highest BCUT2D eigenvalue weighted by molar-refractivity contribution is 5.98. The molecule has 1 aliphatic heterocycles. The number of alkyl halides is 3. The van der Waals surface area contributed by atoms with Crippen LogP contribution in [0.2, 0.25) is 0 Å². The molecule has 1 aromatic carbocycles. The third kappa shape index (κ3) is 1.34. The van der Waals surface area contributed by atoms with E-state index in [-0.39, 0.29) is 5.56 Å². The quantitative estimate of drug-likeness (QED) is 0.682. The molecule has 0 radical (unpaired) electrons. The summed E-state index contributed by atoms with van der Waals surface area (Å²) in [6.45, 7) is 0.312. The third-order valence-corrected chi connectivity index (χ3v) is 2.12. The summed E-state index contributed by atoms with van der Waals surface area (Å²) in [7, 11) is 0. The van der Waals surface area contributed by atoms with Gasteiger partial charge in [-0.25, -0.2) is 0 Å². The minimum Gasteiger partial charge on any atom is -0.348 e. The summed E-state index contributed by atoms with van der Waals surface area (Å²) in [6.07, 6.45) is -4.39. The molecule has 0 bridgehead atoms. The zero-order chi connectivity index (χ0) is 10.3. The number of halogens is 3. The second kappa shape index (κ2) is 2.73. The highest BCUT2D eigenvalue weighted by Gasteiger charge is 2.32. The standard InChI is InChI=1S/C9H6F3NO/c10-9(11,12)6-2-1-5-4-13-8(14)7(5)3-6/h1-3H,4H2,(H,13,14). The topological polar surface area (TPSA) is 29.1 Å². The first-order valence-electron chi connectivity index (χ1n) is 3.97. The Morgan fingerprint density at radius 3 is 2.64 bits per heavy atom. The number of hydrogen-bond donors (Lipinski definition) is 1. The van der Waals surface area contributed by atoms with Crippen LogP contribution in [0.4, 0.5) is 13.2 Å². The number of benzene rings is 1. The smallest absolute Gasteiger partial charge is 0.348 e. The lowest BCUT2D eigenvalue weighted by molar-refractivity contribution is -0.137. The van der Waals surface area contributed by atoms with Crippen molar-refractivity contribution < 1.29 is 18.0 Å². The van der Waals surface area contributed by atoms with Crippen LogP contribution in [0, 0.1) is 0 Å². The fourth-order valence-electron chi connectivity index (χ4n) is 1.39. The maximum absolute atomic E-state index is 12.3. The molecule has 1 N–H and O–H groups in total. The van der Waals surface area contributed by atoms with E-state index in [1.54, 1.807) is 0 Å². The highest BCUT2D eigenvalue weighted by Crippen LogP contribution is 2.31. The average molecular weight is 201 g/mol. The molecule has 0 fully saturated rings. The molecule has 0 aromatic heterocycles. The van der Waals surface area contributed by atoms with Gasteiger partial charge in [0.05, 0.1) is 5.56 Å². The molecule has 0 unspecified atom stereocenters. The fraction of sp³-hybridized carbons (Fsp3) is 0.222. The highest BCUT2D eigenvalue weighted by atomic mass is 19.4. The molecule has 0 atom stereocenters. The van der Waals surface area contributed by atoms with Gasteiger partial charge >= 0.3 is 6.18 Å². The molecule has 0 saturated carbocycles. The van der Waals surface area contributed by atoms with Gasteiger partial charge in [-0.3, -0.25) is 4.79 Å². The number of carbonyl (C=O) groups excluding carboxylic acids is 1. The van der Waals surface area contributed by atoms with Crippen molar-refractivity contribution in [3.63, 3.8) is 0 Å². The van der Waals surface area contributed by atoms with Crippen molar-refractivity contribution >= 4 is 5.91 Å². The van der Waals surface area contributed by atoms with E-state index < -0.39 is 17.6 Å². The molecular weight excluding hydrogens is 195 g/mol. The monoisotopic (exact) mass is 201 g/mol. The summed E-state index contributed by atoms with van der Waals surface area (Å²) in [5.41, 5.74) is -0.0453. The van der Waals surface area contributed by atoms with E-state index in [4.69, 9.17) is 0 Å². The van der Waals surface area contributed by atoms with Crippen molar-refractivity contribution in [2.45, 2.75) is 12.7 Å². The van der Waals surface area contributed by atoms with E-state index >= 15 is 0 Å². The normalized spacial score (nSPS) is 15.2. The lowest BCUT2D eigenvalue weighted by Gasteiger charge is -2.06. The second-order valence-corrected chi connectivity index (χ2v) is 3.05. The van der Waals surface area contributed by atoms with Crippen LogP contribution in [-0.2, 0) is 12.7 Å². The molecule has 5 heteroatoms. The first-order chi connectivity index (χ1) is 6.48. The number of nitrogens with one attached hydrogen (secondary N) is 1. The molecule has 1 heterocycles. The maximum Gasteiger partial charge on any atom is 0.416 e. The van der Waals surface area contributed by atoms with Crippen molar-refractivity contribution in [1.82, 2.24) is 5.32 Å². The summed E-state index contributed by atoms with van der Waals surface area (Å²) in [6, 6.07) is 3.20. The van der Waals surface area contributed by atoms with Crippen LogP contribution >= 0.6 is 0 Å². The van der Waals surface area contributed by atoms with Crippen molar-refractivity contribution in [3.8, 4) is 0 Å². The number of amides is 1. The molecule has 1 amide bonds. The summed E-state index contributed by atoms with van der Waals surface area (Å²) < 4.78 is 36.8. The van der Waals surface area contributed by atoms with E-state index in [1.165, 1.54) is 6.07 Å². The Labute approximate surface area is 77.7 Å². The van der Waals surface area contributed by atoms with Crippen LogP contribution in [0.15, 0.2) is 18.2 Å². The molecule has 2 nitrogen and oxygen atoms in total. The molecule has 74 valence electrons. The van der Waals surface area contributed by atoms with Gasteiger partial charge in [0.2, 0.25) is 0 Å². The zero-order valence-corrected chi connectivity index (χ0v) is 6.98. The van der Waals surface area contributed by atoms with Crippen LogP contribution in [0.25, 0.3) is 0 Å². The third-order valence-electron chi connectivity index (χ3n) is 2.12. The average Bonchev–Trinajstić information content (AvgIpc) is 2.46.